The van der Waals surface area contributed by atoms with Gasteiger partial charge in [-0.05, 0) is 36.6 Å². The van der Waals surface area contributed by atoms with Crippen LogP contribution >= 0.6 is 11.6 Å². The molecule has 0 spiro atoms. The molecule has 0 aliphatic heterocycles. The van der Waals surface area contributed by atoms with Crippen molar-refractivity contribution in [1.29, 1.82) is 0 Å². The van der Waals surface area contributed by atoms with E-state index in [1.165, 1.54) is 12.1 Å². The van der Waals surface area contributed by atoms with E-state index >= 15 is 0 Å². The third kappa shape index (κ3) is 4.01. The van der Waals surface area contributed by atoms with E-state index in [-0.39, 0.29) is 30.5 Å². The van der Waals surface area contributed by atoms with Gasteiger partial charge in [0.2, 0.25) is 11.1 Å². The summed E-state index contributed by atoms with van der Waals surface area (Å²) in [4.78, 5) is 11.8. The summed E-state index contributed by atoms with van der Waals surface area (Å²) in [6.07, 6.45) is 0.314. The van der Waals surface area contributed by atoms with Gasteiger partial charge in [0, 0.05) is 18.2 Å². The molecule has 1 aromatic carbocycles. The molecule has 2 rings (SSSR count). The molecule has 0 unspecified atom stereocenters. The molecule has 4 nitrogen and oxygen atoms in total. The first-order valence-electron chi connectivity index (χ1n) is 6.28. The van der Waals surface area contributed by atoms with Gasteiger partial charge in [0.15, 0.2) is 0 Å². The minimum atomic E-state index is -0.627. The van der Waals surface area contributed by atoms with Crippen LogP contribution in [0.1, 0.15) is 16.8 Å². The second-order valence-electron chi connectivity index (χ2n) is 4.53. The van der Waals surface area contributed by atoms with Crippen LogP contribution < -0.4 is 5.32 Å². The molecule has 2 aromatic rings. The first kappa shape index (κ1) is 15.4. The van der Waals surface area contributed by atoms with Crippen molar-refractivity contribution in [1.82, 2.24) is 10.5 Å². The van der Waals surface area contributed by atoms with Crippen LogP contribution in [0.15, 0.2) is 22.7 Å². The summed E-state index contributed by atoms with van der Waals surface area (Å²) in [6, 6.07) is 3.36. The van der Waals surface area contributed by atoms with Gasteiger partial charge in [-0.2, -0.15) is 0 Å². The van der Waals surface area contributed by atoms with Crippen molar-refractivity contribution < 1.29 is 18.1 Å². The van der Waals surface area contributed by atoms with Gasteiger partial charge in [-0.15, -0.1) is 0 Å². The molecule has 0 fully saturated rings. The summed E-state index contributed by atoms with van der Waals surface area (Å²) in [6.45, 7) is 1.93. The summed E-state index contributed by atoms with van der Waals surface area (Å²) >= 11 is 5.76. The summed E-state index contributed by atoms with van der Waals surface area (Å²) in [5, 5.41) is 6.37. The zero-order valence-electron chi connectivity index (χ0n) is 11.3. The van der Waals surface area contributed by atoms with Gasteiger partial charge in [0.25, 0.3) is 0 Å². The molecule has 0 saturated heterocycles. The molecule has 1 heterocycles. The first-order chi connectivity index (χ1) is 9.97. The molecule has 1 amide bonds. The molecule has 1 N–H and O–H groups in total. The lowest BCUT2D eigenvalue weighted by molar-refractivity contribution is -0.120. The average Bonchev–Trinajstić information content (AvgIpc) is 2.73. The lowest BCUT2D eigenvalue weighted by atomic mass is 10.1. The van der Waals surface area contributed by atoms with Gasteiger partial charge in [-0.1, -0.05) is 11.2 Å². The summed E-state index contributed by atoms with van der Waals surface area (Å²) in [5.41, 5.74) is 1.43. The van der Waals surface area contributed by atoms with E-state index in [0.29, 0.717) is 16.8 Å². The number of hydrogen-bond donors (Lipinski definition) is 1. The smallest absolute Gasteiger partial charge is 0.229 e. The Labute approximate surface area is 125 Å². The van der Waals surface area contributed by atoms with E-state index in [4.69, 9.17) is 16.1 Å². The first-order valence-corrected chi connectivity index (χ1v) is 6.66. The van der Waals surface area contributed by atoms with Gasteiger partial charge in [-0.3, -0.25) is 4.79 Å². The highest BCUT2D eigenvalue weighted by Crippen LogP contribution is 2.19. The van der Waals surface area contributed by atoms with Crippen LogP contribution in [0, 0.1) is 18.6 Å². The molecule has 21 heavy (non-hydrogen) atoms. The maximum Gasteiger partial charge on any atom is 0.229 e. The Balaban J connectivity index is 1.85. The maximum atomic E-state index is 13.4. The zero-order chi connectivity index (χ0) is 15.4. The van der Waals surface area contributed by atoms with Crippen LogP contribution in [0.3, 0.4) is 0 Å². The van der Waals surface area contributed by atoms with E-state index < -0.39 is 11.6 Å². The fourth-order valence-corrected chi connectivity index (χ4v) is 2.08. The second-order valence-corrected chi connectivity index (χ2v) is 4.88. The van der Waals surface area contributed by atoms with Gasteiger partial charge >= 0.3 is 0 Å². The van der Waals surface area contributed by atoms with Crippen molar-refractivity contribution in [2.45, 2.75) is 19.8 Å². The van der Waals surface area contributed by atoms with Crippen molar-refractivity contribution in [2.24, 2.45) is 0 Å². The molecular weight excluding hydrogens is 302 g/mol. The Hall–Kier alpha value is -1.95. The van der Waals surface area contributed by atoms with E-state index in [0.717, 1.165) is 6.07 Å². The minimum absolute atomic E-state index is 0.0417. The normalized spacial score (nSPS) is 10.7. The standard InChI is InChI=1S/C14H13ClF2N2O2/c1-8-11(14(15)21-19-8)7-13(20)18-5-4-9-2-3-10(16)6-12(9)17/h2-3,6H,4-5,7H2,1H3,(H,18,20). The third-order valence-corrected chi connectivity index (χ3v) is 3.30. The number of hydrogen-bond acceptors (Lipinski definition) is 3. The Morgan fingerprint density at radius 1 is 1.43 bits per heavy atom. The highest BCUT2D eigenvalue weighted by atomic mass is 35.5. The number of aromatic nitrogens is 1. The number of nitrogens with one attached hydrogen (secondary N) is 1. The summed E-state index contributed by atoms with van der Waals surface area (Å²) in [5.74, 6) is -1.52. The fourth-order valence-electron chi connectivity index (χ4n) is 1.84. The monoisotopic (exact) mass is 314 g/mol. The largest absolute Gasteiger partial charge is 0.355 e. The van der Waals surface area contributed by atoms with E-state index in [1.807, 2.05) is 0 Å². The highest BCUT2D eigenvalue weighted by Gasteiger charge is 2.14. The molecule has 0 saturated carbocycles. The number of carbonyl (C=O) groups is 1. The number of amides is 1. The quantitative estimate of drug-likeness (QED) is 0.923. The van der Waals surface area contributed by atoms with Crippen molar-refractivity contribution >= 4 is 17.5 Å². The predicted molar refractivity (Wildman–Crippen MR) is 73.0 cm³/mol. The topological polar surface area (TPSA) is 55.1 Å². The lowest BCUT2D eigenvalue weighted by Crippen LogP contribution is -2.27. The average molecular weight is 315 g/mol. The van der Waals surface area contributed by atoms with Crippen LogP contribution in [0.2, 0.25) is 5.22 Å². The minimum Gasteiger partial charge on any atom is -0.355 e. The Bertz CT molecular complexity index is 639. The molecule has 0 aliphatic rings. The van der Waals surface area contributed by atoms with Crippen LogP contribution in [0.4, 0.5) is 8.78 Å². The predicted octanol–water partition coefficient (Wildman–Crippen LogP) is 2.82. The number of rotatable bonds is 5. The van der Waals surface area contributed by atoms with E-state index in [9.17, 15) is 13.6 Å². The highest BCUT2D eigenvalue weighted by molar-refractivity contribution is 6.29. The number of benzene rings is 1. The lowest BCUT2D eigenvalue weighted by Gasteiger charge is -2.06. The maximum absolute atomic E-state index is 13.4. The van der Waals surface area contributed by atoms with Crippen molar-refractivity contribution in [3.8, 4) is 0 Å². The van der Waals surface area contributed by atoms with Crippen LogP contribution in [0.5, 0.6) is 0 Å². The van der Waals surface area contributed by atoms with Crippen LogP contribution in [-0.4, -0.2) is 17.6 Å². The number of halogens is 3. The second kappa shape index (κ2) is 6.67. The van der Waals surface area contributed by atoms with Crippen molar-refractivity contribution in [3.05, 3.63) is 51.9 Å². The molecule has 0 aliphatic carbocycles. The summed E-state index contributed by atoms with van der Waals surface area (Å²) < 4.78 is 30.9. The van der Waals surface area contributed by atoms with Crippen molar-refractivity contribution in [3.63, 3.8) is 0 Å². The van der Waals surface area contributed by atoms with Crippen molar-refractivity contribution in [2.75, 3.05) is 6.54 Å². The van der Waals surface area contributed by atoms with Gasteiger partial charge < -0.3 is 9.84 Å². The van der Waals surface area contributed by atoms with Gasteiger partial charge in [0.05, 0.1) is 12.1 Å². The Kier molecular flexibility index (Phi) is 4.90. The zero-order valence-corrected chi connectivity index (χ0v) is 12.0. The number of aryl methyl sites for hydroxylation is 1. The van der Waals surface area contributed by atoms with Crippen LogP contribution in [0.25, 0.3) is 0 Å². The molecule has 112 valence electrons. The number of nitrogens with zero attached hydrogens (tertiary/aromatic N) is 1. The molecule has 0 radical (unpaired) electrons. The van der Waals surface area contributed by atoms with Gasteiger partial charge in [-0.25, -0.2) is 8.78 Å². The molecular formula is C14H13ClF2N2O2. The van der Waals surface area contributed by atoms with Gasteiger partial charge in [0.1, 0.15) is 11.6 Å². The Morgan fingerprint density at radius 3 is 2.81 bits per heavy atom. The molecule has 0 bridgehead atoms. The van der Waals surface area contributed by atoms with E-state index in [1.54, 1.807) is 6.92 Å². The van der Waals surface area contributed by atoms with Crippen LogP contribution in [-0.2, 0) is 17.6 Å². The molecule has 1 aromatic heterocycles. The summed E-state index contributed by atoms with van der Waals surface area (Å²) in [7, 11) is 0. The molecule has 0 atom stereocenters. The Morgan fingerprint density at radius 2 is 2.19 bits per heavy atom. The third-order valence-electron chi connectivity index (χ3n) is 3.01. The SMILES string of the molecule is Cc1noc(Cl)c1CC(=O)NCCc1ccc(F)cc1F. The fraction of sp³-hybridized carbons (Fsp3) is 0.286. The van der Waals surface area contributed by atoms with E-state index in [2.05, 4.69) is 10.5 Å². The number of carbonyl (C=O) groups excluding carboxylic acids is 1. The molecule has 7 heteroatoms.